The normalized spacial score (nSPS) is 24.3. The number of carboxylic acid groups (broad SMARTS) is 1. The smallest absolute Gasteiger partial charge is 0.310 e. The van der Waals surface area contributed by atoms with Gasteiger partial charge in [0, 0.05) is 25.2 Å². The van der Waals surface area contributed by atoms with Gasteiger partial charge in [-0.2, -0.15) is 4.31 Å². The van der Waals surface area contributed by atoms with Crippen molar-refractivity contribution in [1.82, 2.24) is 4.31 Å². The van der Waals surface area contributed by atoms with Crippen molar-refractivity contribution >= 4 is 33.3 Å². The number of sulfonamides is 1. The number of carbonyl (C=O) groups is 1. The van der Waals surface area contributed by atoms with Crippen LogP contribution in [0.4, 0.5) is 5.69 Å². The number of fused-ring (bicyclic) bond motifs is 1. The van der Waals surface area contributed by atoms with Gasteiger partial charge in [0.25, 0.3) is 0 Å². The van der Waals surface area contributed by atoms with E-state index in [-0.39, 0.29) is 17.0 Å². The van der Waals surface area contributed by atoms with Crippen molar-refractivity contribution in [3.05, 3.63) is 58.1 Å². The lowest BCUT2D eigenvalue weighted by molar-refractivity contribution is -0.138. The Bertz CT molecular complexity index is 1120. The molecule has 1 saturated heterocycles. The average molecular weight is 463 g/mol. The van der Waals surface area contributed by atoms with Gasteiger partial charge in [-0.3, -0.25) is 4.79 Å². The monoisotopic (exact) mass is 462 g/mol. The SMILES string of the molecule is Cc1ccc(N2C[C@@H](C)N(S(=O)(=O)c3ccc4c(c3)C(C(=O)O)CC4)[C@@H](C)C2)c(Cl)c1. The molecule has 3 atom stereocenters. The van der Waals surface area contributed by atoms with Crippen LogP contribution in [0.2, 0.25) is 5.02 Å². The van der Waals surface area contributed by atoms with Crippen molar-refractivity contribution in [2.75, 3.05) is 18.0 Å². The van der Waals surface area contributed by atoms with E-state index in [2.05, 4.69) is 4.90 Å². The molecule has 0 spiro atoms. The summed E-state index contributed by atoms with van der Waals surface area (Å²) in [4.78, 5) is 13.9. The Balaban J connectivity index is 1.63. The summed E-state index contributed by atoms with van der Waals surface area (Å²) < 4.78 is 28.7. The van der Waals surface area contributed by atoms with E-state index < -0.39 is 21.9 Å². The van der Waals surface area contributed by atoms with Gasteiger partial charge in [0.1, 0.15) is 0 Å². The zero-order chi connectivity index (χ0) is 22.5. The molecule has 166 valence electrons. The number of nitrogens with zero attached hydrogens (tertiary/aromatic N) is 2. The molecule has 0 amide bonds. The van der Waals surface area contributed by atoms with E-state index in [0.717, 1.165) is 16.8 Å². The second-order valence-electron chi connectivity index (χ2n) is 8.68. The Morgan fingerprint density at radius 1 is 1.10 bits per heavy atom. The maximum atomic E-state index is 13.6. The topological polar surface area (TPSA) is 77.9 Å². The molecule has 1 aliphatic carbocycles. The number of anilines is 1. The lowest BCUT2D eigenvalue weighted by atomic mass is 10.0. The Hall–Kier alpha value is -2.09. The fourth-order valence-corrected chi connectivity index (χ4v) is 7.16. The van der Waals surface area contributed by atoms with Gasteiger partial charge in [0.2, 0.25) is 10.0 Å². The van der Waals surface area contributed by atoms with Crippen LogP contribution < -0.4 is 4.90 Å². The largest absolute Gasteiger partial charge is 0.481 e. The van der Waals surface area contributed by atoms with E-state index >= 15 is 0 Å². The molecule has 31 heavy (non-hydrogen) atoms. The number of hydrogen-bond donors (Lipinski definition) is 1. The summed E-state index contributed by atoms with van der Waals surface area (Å²) in [5, 5.41) is 10.1. The molecule has 0 radical (unpaired) electrons. The number of piperazine rings is 1. The fourth-order valence-electron chi connectivity index (χ4n) is 4.97. The highest BCUT2D eigenvalue weighted by molar-refractivity contribution is 7.89. The van der Waals surface area contributed by atoms with Crippen LogP contribution in [0.3, 0.4) is 0 Å². The minimum Gasteiger partial charge on any atom is -0.481 e. The Morgan fingerprint density at radius 3 is 2.39 bits per heavy atom. The molecule has 0 bridgehead atoms. The summed E-state index contributed by atoms with van der Waals surface area (Å²) in [5.41, 5.74) is 3.53. The third-order valence-corrected chi connectivity index (χ3v) is 8.78. The third-order valence-electron chi connectivity index (χ3n) is 6.35. The predicted octanol–water partition coefficient (Wildman–Crippen LogP) is 4.05. The quantitative estimate of drug-likeness (QED) is 0.741. The molecule has 6 nitrogen and oxygen atoms in total. The zero-order valence-corrected chi connectivity index (χ0v) is 19.4. The first-order chi connectivity index (χ1) is 14.6. The molecule has 1 unspecified atom stereocenters. The van der Waals surface area contributed by atoms with Gasteiger partial charge in [-0.05, 0) is 74.6 Å². The first-order valence-corrected chi connectivity index (χ1v) is 12.3. The molecule has 2 aliphatic rings. The molecular formula is C23H27ClN2O4S. The maximum absolute atomic E-state index is 13.6. The lowest BCUT2D eigenvalue weighted by Crippen LogP contribution is -2.58. The summed E-state index contributed by atoms with van der Waals surface area (Å²) >= 11 is 6.45. The van der Waals surface area contributed by atoms with Crippen LogP contribution in [0.15, 0.2) is 41.3 Å². The molecule has 1 heterocycles. The van der Waals surface area contributed by atoms with Gasteiger partial charge >= 0.3 is 5.97 Å². The van der Waals surface area contributed by atoms with Crippen LogP contribution >= 0.6 is 11.6 Å². The number of aryl methyl sites for hydroxylation is 2. The molecule has 1 aliphatic heterocycles. The van der Waals surface area contributed by atoms with E-state index in [1.54, 1.807) is 22.5 Å². The van der Waals surface area contributed by atoms with E-state index in [1.807, 2.05) is 39.0 Å². The Labute approximate surface area is 188 Å². The van der Waals surface area contributed by atoms with Crippen LogP contribution in [-0.2, 0) is 21.2 Å². The van der Waals surface area contributed by atoms with E-state index in [1.165, 1.54) is 0 Å². The average Bonchev–Trinajstić information content (AvgIpc) is 3.10. The van der Waals surface area contributed by atoms with Crippen molar-refractivity contribution in [2.24, 2.45) is 0 Å². The molecule has 1 fully saturated rings. The van der Waals surface area contributed by atoms with Crippen molar-refractivity contribution in [3.8, 4) is 0 Å². The van der Waals surface area contributed by atoms with E-state index in [0.29, 0.717) is 36.5 Å². The highest BCUT2D eigenvalue weighted by Crippen LogP contribution is 2.37. The minimum atomic E-state index is -3.77. The molecule has 2 aromatic rings. The lowest BCUT2D eigenvalue weighted by Gasteiger charge is -2.44. The number of aliphatic carboxylic acids is 1. The highest BCUT2D eigenvalue weighted by Gasteiger charge is 2.40. The first kappa shape index (κ1) is 22.1. The van der Waals surface area contributed by atoms with Gasteiger partial charge in [0.15, 0.2) is 0 Å². The molecule has 8 heteroatoms. The van der Waals surface area contributed by atoms with Crippen LogP contribution in [0.25, 0.3) is 0 Å². The number of halogens is 1. The Kier molecular flexibility index (Phi) is 5.79. The van der Waals surface area contributed by atoms with E-state index in [4.69, 9.17) is 11.6 Å². The molecule has 2 aromatic carbocycles. The summed E-state index contributed by atoms with van der Waals surface area (Å²) in [6.07, 6.45) is 1.17. The number of benzene rings is 2. The maximum Gasteiger partial charge on any atom is 0.310 e. The fraction of sp³-hybridized carbons (Fsp3) is 0.435. The first-order valence-electron chi connectivity index (χ1n) is 10.5. The van der Waals surface area contributed by atoms with Gasteiger partial charge in [0.05, 0.1) is 21.5 Å². The summed E-state index contributed by atoms with van der Waals surface area (Å²) in [7, 11) is -3.77. The standard InChI is InChI=1S/C23H27ClN2O4S/c1-14-4-9-22(21(24)10-14)25-12-15(2)26(16(3)13-25)31(29,30)18-7-5-17-6-8-19(23(27)28)20(17)11-18/h4-5,7,9-11,15-16,19H,6,8,12-13H2,1-3H3,(H,27,28)/t15-,16+,19?. The van der Waals surface area contributed by atoms with Gasteiger partial charge in [-0.1, -0.05) is 23.7 Å². The molecule has 0 aromatic heterocycles. The zero-order valence-electron chi connectivity index (χ0n) is 17.9. The predicted molar refractivity (Wildman–Crippen MR) is 121 cm³/mol. The van der Waals surface area contributed by atoms with Gasteiger partial charge in [-0.15, -0.1) is 0 Å². The second-order valence-corrected chi connectivity index (χ2v) is 10.9. The minimum absolute atomic E-state index is 0.167. The van der Waals surface area contributed by atoms with Crippen LogP contribution in [0, 0.1) is 6.92 Å². The van der Waals surface area contributed by atoms with Crippen molar-refractivity contribution in [3.63, 3.8) is 0 Å². The molecule has 0 saturated carbocycles. The number of hydrogen-bond acceptors (Lipinski definition) is 4. The highest BCUT2D eigenvalue weighted by atomic mass is 35.5. The third kappa shape index (κ3) is 3.95. The summed E-state index contributed by atoms with van der Waals surface area (Å²) in [6.45, 7) is 6.83. The van der Waals surface area contributed by atoms with Crippen LogP contribution in [-0.4, -0.2) is 49.0 Å². The van der Waals surface area contributed by atoms with Gasteiger partial charge < -0.3 is 10.0 Å². The van der Waals surface area contributed by atoms with Crippen molar-refractivity contribution in [1.29, 1.82) is 0 Å². The van der Waals surface area contributed by atoms with Gasteiger partial charge in [-0.25, -0.2) is 8.42 Å². The van der Waals surface area contributed by atoms with Crippen LogP contribution in [0.5, 0.6) is 0 Å². The molecular weight excluding hydrogens is 436 g/mol. The summed E-state index contributed by atoms with van der Waals surface area (Å²) in [6, 6.07) is 10.3. The Morgan fingerprint density at radius 2 is 1.77 bits per heavy atom. The molecule has 4 rings (SSSR count). The number of rotatable bonds is 4. The second kappa shape index (κ2) is 8.11. The van der Waals surface area contributed by atoms with Crippen molar-refractivity contribution < 1.29 is 18.3 Å². The summed E-state index contributed by atoms with van der Waals surface area (Å²) in [5.74, 6) is -1.54. The number of carboxylic acids is 1. The van der Waals surface area contributed by atoms with Crippen molar-refractivity contribution in [2.45, 2.75) is 56.5 Å². The van der Waals surface area contributed by atoms with E-state index in [9.17, 15) is 18.3 Å². The molecule has 1 N–H and O–H groups in total. The van der Waals surface area contributed by atoms with Crippen LogP contribution in [0.1, 0.15) is 42.9 Å².